The number of nitrogens with one attached hydrogen (secondary N) is 1. The van der Waals surface area contributed by atoms with Crippen molar-refractivity contribution in [2.45, 2.75) is 6.10 Å². The average molecular weight is 267 g/mol. The third-order valence-electron chi connectivity index (χ3n) is 3.52. The van der Waals surface area contributed by atoms with Gasteiger partial charge in [0.15, 0.2) is 5.78 Å². The van der Waals surface area contributed by atoms with Crippen LogP contribution in [-0.2, 0) is 4.74 Å². The summed E-state index contributed by atoms with van der Waals surface area (Å²) in [4.78, 5) is 12.6. The molecule has 20 heavy (non-hydrogen) atoms. The van der Waals surface area contributed by atoms with E-state index in [1.54, 1.807) is 0 Å². The third kappa shape index (κ3) is 2.64. The summed E-state index contributed by atoms with van der Waals surface area (Å²) in [6.45, 7) is 2.29. The van der Waals surface area contributed by atoms with E-state index >= 15 is 0 Å². The van der Waals surface area contributed by atoms with E-state index in [1.165, 1.54) is 0 Å². The van der Waals surface area contributed by atoms with Crippen molar-refractivity contribution in [1.29, 1.82) is 0 Å². The summed E-state index contributed by atoms with van der Waals surface area (Å²) in [5.74, 6) is 0.0513. The van der Waals surface area contributed by atoms with Crippen molar-refractivity contribution < 1.29 is 9.53 Å². The fraction of sp³-hybridized carbons (Fsp3) is 0.235. The van der Waals surface area contributed by atoms with Gasteiger partial charge in [0.25, 0.3) is 0 Å². The Labute approximate surface area is 118 Å². The molecule has 2 aromatic rings. The Hall–Kier alpha value is -1.97. The van der Waals surface area contributed by atoms with Crippen LogP contribution in [0.4, 0.5) is 0 Å². The van der Waals surface area contributed by atoms with Gasteiger partial charge in [0.1, 0.15) is 0 Å². The smallest absolute Gasteiger partial charge is 0.193 e. The van der Waals surface area contributed by atoms with Crippen LogP contribution in [-0.4, -0.2) is 25.5 Å². The molecule has 1 saturated heterocycles. The van der Waals surface area contributed by atoms with Crippen LogP contribution in [0.15, 0.2) is 54.6 Å². The molecule has 3 heteroatoms. The minimum absolute atomic E-state index is 0.0485. The SMILES string of the molecule is O=C(c1ccccc1)c1ccccc1C1CNCCO1. The summed E-state index contributed by atoms with van der Waals surface area (Å²) >= 11 is 0. The van der Waals surface area contributed by atoms with Gasteiger partial charge >= 0.3 is 0 Å². The van der Waals surface area contributed by atoms with Crippen LogP contribution in [0.25, 0.3) is 0 Å². The number of carbonyl (C=O) groups excluding carboxylic acids is 1. The molecule has 1 heterocycles. The molecule has 0 radical (unpaired) electrons. The molecule has 1 N–H and O–H groups in total. The number of morpholine rings is 1. The molecule has 3 rings (SSSR count). The van der Waals surface area contributed by atoms with Crippen molar-refractivity contribution >= 4 is 5.78 Å². The van der Waals surface area contributed by atoms with Gasteiger partial charge in [0, 0.05) is 24.2 Å². The van der Waals surface area contributed by atoms with Crippen LogP contribution in [0.1, 0.15) is 27.6 Å². The second-order valence-corrected chi connectivity index (χ2v) is 4.85. The highest BCUT2D eigenvalue weighted by Crippen LogP contribution is 2.24. The average Bonchev–Trinajstić information content (AvgIpc) is 2.56. The first kappa shape index (κ1) is 13.0. The summed E-state index contributed by atoms with van der Waals surface area (Å²) in [5, 5.41) is 3.30. The van der Waals surface area contributed by atoms with Crippen molar-refractivity contribution in [3.05, 3.63) is 71.3 Å². The van der Waals surface area contributed by atoms with Crippen molar-refractivity contribution in [3.63, 3.8) is 0 Å². The second kappa shape index (κ2) is 5.99. The zero-order chi connectivity index (χ0) is 13.8. The van der Waals surface area contributed by atoms with Crippen molar-refractivity contribution in [1.82, 2.24) is 5.32 Å². The Morgan fingerprint density at radius 2 is 1.80 bits per heavy atom. The number of ether oxygens (including phenoxy) is 1. The van der Waals surface area contributed by atoms with Gasteiger partial charge in [-0.05, 0) is 5.56 Å². The van der Waals surface area contributed by atoms with Crippen LogP contribution in [0.3, 0.4) is 0 Å². The van der Waals surface area contributed by atoms with E-state index in [4.69, 9.17) is 4.74 Å². The third-order valence-corrected chi connectivity index (χ3v) is 3.52. The highest BCUT2D eigenvalue weighted by Gasteiger charge is 2.22. The predicted octanol–water partition coefficient (Wildman–Crippen LogP) is 2.58. The lowest BCUT2D eigenvalue weighted by molar-refractivity contribution is 0.0271. The minimum atomic E-state index is -0.0485. The van der Waals surface area contributed by atoms with Crippen molar-refractivity contribution in [2.24, 2.45) is 0 Å². The maximum absolute atomic E-state index is 12.6. The summed E-state index contributed by atoms with van der Waals surface area (Å²) in [7, 11) is 0. The first-order chi connectivity index (χ1) is 9.86. The largest absolute Gasteiger partial charge is 0.371 e. The molecule has 0 aliphatic carbocycles. The van der Waals surface area contributed by atoms with Gasteiger partial charge in [-0.3, -0.25) is 4.79 Å². The van der Waals surface area contributed by atoms with Gasteiger partial charge < -0.3 is 10.1 Å². The van der Waals surface area contributed by atoms with Crippen LogP contribution in [0.5, 0.6) is 0 Å². The van der Waals surface area contributed by atoms with Gasteiger partial charge in [-0.15, -0.1) is 0 Å². The minimum Gasteiger partial charge on any atom is -0.371 e. The Morgan fingerprint density at radius 1 is 1.05 bits per heavy atom. The molecule has 1 aliphatic heterocycles. The monoisotopic (exact) mass is 267 g/mol. The fourth-order valence-corrected chi connectivity index (χ4v) is 2.49. The second-order valence-electron chi connectivity index (χ2n) is 4.85. The lowest BCUT2D eigenvalue weighted by Gasteiger charge is -2.25. The van der Waals surface area contributed by atoms with Gasteiger partial charge in [0.2, 0.25) is 0 Å². The number of hydrogen-bond acceptors (Lipinski definition) is 3. The highest BCUT2D eigenvalue weighted by molar-refractivity contribution is 6.09. The Balaban J connectivity index is 1.95. The van der Waals surface area contributed by atoms with E-state index in [2.05, 4.69) is 5.32 Å². The highest BCUT2D eigenvalue weighted by atomic mass is 16.5. The summed E-state index contributed by atoms with van der Waals surface area (Å²) in [6.07, 6.45) is -0.0485. The van der Waals surface area contributed by atoms with E-state index < -0.39 is 0 Å². The number of hydrogen-bond donors (Lipinski definition) is 1. The molecule has 102 valence electrons. The Morgan fingerprint density at radius 3 is 2.55 bits per heavy atom. The quantitative estimate of drug-likeness (QED) is 0.869. The molecule has 1 fully saturated rings. The number of carbonyl (C=O) groups is 1. The van der Waals surface area contributed by atoms with Crippen LogP contribution >= 0.6 is 0 Å². The molecule has 0 aromatic heterocycles. The first-order valence-corrected chi connectivity index (χ1v) is 6.87. The lowest BCUT2D eigenvalue weighted by atomic mass is 9.95. The standard InChI is InChI=1S/C17H17NO2/c19-17(13-6-2-1-3-7-13)15-9-5-4-8-14(15)16-12-18-10-11-20-16/h1-9,16,18H,10-12H2. The van der Waals surface area contributed by atoms with E-state index in [-0.39, 0.29) is 11.9 Å². The van der Waals surface area contributed by atoms with Gasteiger partial charge in [-0.25, -0.2) is 0 Å². The van der Waals surface area contributed by atoms with Crippen molar-refractivity contribution in [3.8, 4) is 0 Å². The van der Waals surface area contributed by atoms with Gasteiger partial charge in [-0.1, -0.05) is 54.6 Å². The van der Waals surface area contributed by atoms with Gasteiger partial charge in [0.05, 0.1) is 12.7 Å². The number of ketones is 1. The van der Waals surface area contributed by atoms with Crippen LogP contribution in [0, 0.1) is 0 Å². The molecule has 1 atom stereocenters. The van der Waals surface area contributed by atoms with E-state index in [9.17, 15) is 4.79 Å². The zero-order valence-corrected chi connectivity index (χ0v) is 11.2. The van der Waals surface area contributed by atoms with Gasteiger partial charge in [-0.2, -0.15) is 0 Å². The fourth-order valence-electron chi connectivity index (χ4n) is 2.49. The summed E-state index contributed by atoms with van der Waals surface area (Å²) in [6, 6.07) is 17.1. The topological polar surface area (TPSA) is 38.3 Å². The normalized spacial score (nSPS) is 18.7. The molecule has 1 aliphatic rings. The summed E-state index contributed by atoms with van der Waals surface area (Å²) < 4.78 is 5.78. The first-order valence-electron chi connectivity index (χ1n) is 6.87. The number of rotatable bonds is 3. The molecular formula is C17H17NO2. The molecule has 3 nitrogen and oxygen atoms in total. The van der Waals surface area contributed by atoms with Crippen molar-refractivity contribution in [2.75, 3.05) is 19.7 Å². The Bertz CT molecular complexity index is 589. The molecular weight excluding hydrogens is 250 g/mol. The predicted molar refractivity (Wildman–Crippen MR) is 77.9 cm³/mol. The lowest BCUT2D eigenvalue weighted by Crippen LogP contribution is -2.34. The van der Waals surface area contributed by atoms with Crippen LogP contribution < -0.4 is 5.32 Å². The molecule has 0 spiro atoms. The van der Waals surface area contributed by atoms with Crippen LogP contribution in [0.2, 0.25) is 0 Å². The zero-order valence-electron chi connectivity index (χ0n) is 11.2. The van der Waals surface area contributed by atoms with E-state index in [1.807, 2.05) is 54.6 Å². The maximum Gasteiger partial charge on any atom is 0.193 e. The molecule has 0 bridgehead atoms. The Kier molecular flexibility index (Phi) is 3.90. The summed E-state index contributed by atoms with van der Waals surface area (Å²) in [5.41, 5.74) is 2.41. The molecule has 1 unspecified atom stereocenters. The van der Waals surface area contributed by atoms with E-state index in [0.29, 0.717) is 12.2 Å². The molecule has 0 saturated carbocycles. The maximum atomic E-state index is 12.6. The van der Waals surface area contributed by atoms with E-state index in [0.717, 1.165) is 24.2 Å². The number of benzene rings is 2. The molecule has 0 amide bonds. The molecule has 2 aromatic carbocycles.